The van der Waals surface area contributed by atoms with Gasteiger partial charge in [0.05, 0.1) is 6.10 Å². The van der Waals surface area contributed by atoms with E-state index in [1.54, 1.807) is 13.8 Å². The first kappa shape index (κ1) is 19.7. The van der Waals surface area contributed by atoms with E-state index in [2.05, 4.69) is 10.3 Å². The van der Waals surface area contributed by atoms with Gasteiger partial charge in [0.2, 0.25) is 5.91 Å². The minimum absolute atomic E-state index is 0.109. The molecule has 1 amide bonds. The molecule has 2 N–H and O–H groups in total. The Balaban J connectivity index is 1.62. The van der Waals surface area contributed by atoms with Crippen molar-refractivity contribution in [2.24, 2.45) is 0 Å². The first-order valence-electron chi connectivity index (χ1n) is 9.67. The van der Waals surface area contributed by atoms with Crippen LogP contribution in [0.3, 0.4) is 0 Å². The fraction of sp³-hybridized carbons (Fsp3) is 0.409. The number of carbonyl (C=O) groups is 1. The Morgan fingerprint density at radius 2 is 2.07 bits per heavy atom. The molecule has 0 atom stereocenters. The van der Waals surface area contributed by atoms with E-state index in [1.165, 1.54) is 12.8 Å². The second-order valence-corrected chi connectivity index (χ2v) is 7.27. The third-order valence-corrected chi connectivity index (χ3v) is 5.25. The van der Waals surface area contributed by atoms with Crippen LogP contribution in [0.2, 0.25) is 0 Å². The molecule has 0 radical (unpaired) electrons. The predicted molar refractivity (Wildman–Crippen MR) is 108 cm³/mol. The van der Waals surface area contributed by atoms with Crippen molar-refractivity contribution in [1.82, 2.24) is 4.98 Å². The molecule has 146 valence electrons. The number of nitrogens with one attached hydrogen (secondary N) is 2. The summed E-state index contributed by atoms with van der Waals surface area (Å²) in [6.07, 6.45) is 5.56. The molecule has 0 unspecified atom stereocenters. The standard InChI is InChI=1S/C22H25N3O3/c1-14-19(15(2)24-22(27)20(14)13-23)10-11-21(26)25-16-6-5-9-18(12-16)28-17-7-3-4-8-17/h5-6,9,12,17H,3-4,7-8,10-11H2,1-2H3,(H,24,27)(H,25,26). The molecule has 0 saturated heterocycles. The maximum absolute atomic E-state index is 12.4. The highest BCUT2D eigenvalue weighted by Crippen LogP contribution is 2.26. The summed E-state index contributed by atoms with van der Waals surface area (Å²) in [5.41, 5.74) is 2.60. The Kier molecular flexibility index (Phi) is 6.15. The Morgan fingerprint density at radius 3 is 2.79 bits per heavy atom. The van der Waals surface area contributed by atoms with Gasteiger partial charge < -0.3 is 15.0 Å². The quantitative estimate of drug-likeness (QED) is 0.799. The Labute approximate surface area is 164 Å². The van der Waals surface area contributed by atoms with Crippen LogP contribution < -0.4 is 15.6 Å². The SMILES string of the molecule is Cc1[nH]c(=O)c(C#N)c(C)c1CCC(=O)Nc1cccc(OC2CCCC2)c1. The molecule has 1 aliphatic carbocycles. The minimum atomic E-state index is -0.384. The summed E-state index contributed by atoms with van der Waals surface area (Å²) >= 11 is 0. The second-order valence-electron chi connectivity index (χ2n) is 7.27. The molecule has 0 bridgehead atoms. The van der Waals surface area contributed by atoms with E-state index in [9.17, 15) is 9.59 Å². The lowest BCUT2D eigenvalue weighted by Gasteiger charge is -2.14. The number of hydrogen-bond acceptors (Lipinski definition) is 4. The maximum Gasteiger partial charge on any atom is 0.266 e. The summed E-state index contributed by atoms with van der Waals surface area (Å²) < 4.78 is 5.98. The molecule has 6 heteroatoms. The van der Waals surface area contributed by atoms with Gasteiger partial charge in [0.1, 0.15) is 17.4 Å². The van der Waals surface area contributed by atoms with E-state index in [0.29, 0.717) is 23.4 Å². The molecular weight excluding hydrogens is 354 g/mol. The van der Waals surface area contributed by atoms with Crippen LogP contribution in [0.15, 0.2) is 29.1 Å². The number of benzene rings is 1. The number of nitrogens with zero attached hydrogens (tertiary/aromatic N) is 1. The minimum Gasteiger partial charge on any atom is -0.490 e. The van der Waals surface area contributed by atoms with Crippen LogP contribution in [0.5, 0.6) is 5.75 Å². The van der Waals surface area contributed by atoms with E-state index in [-0.39, 0.29) is 29.6 Å². The number of carbonyl (C=O) groups excluding carboxylic acids is 1. The number of aryl methyl sites for hydroxylation is 1. The average Bonchev–Trinajstić information content (AvgIpc) is 3.15. The lowest BCUT2D eigenvalue weighted by Crippen LogP contribution is -2.18. The lowest BCUT2D eigenvalue weighted by molar-refractivity contribution is -0.116. The number of amides is 1. The zero-order valence-corrected chi connectivity index (χ0v) is 16.3. The van der Waals surface area contributed by atoms with Crippen molar-refractivity contribution in [3.8, 4) is 11.8 Å². The van der Waals surface area contributed by atoms with Crippen molar-refractivity contribution < 1.29 is 9.53 Å². The van der Waals surface area contributed by atoms with Gasteiger partial charge in [0.15, 0.2) is 0 Å². The van der Waals surface area contributed by atoms with E-state index in [4.69, 9.17) is 10.00 Å². The van der Waals surface area contributed by atoms with Crippen molar-refractivity contribution in [2.75, 3.05) is 5.32 Å². The molecule has 2 aromatic rings. The average molecular weight is 379 g/mol. The number of pyridine rings is 1. The number of aromatic nitrogens is 1. The second kappa shape index (κ2) is 8.75. The molecule has 3 rings (SSSR count). The Bertz CT molecular complexity index is 966. The van der Waals surface area contributed by atoms with E-state index >= 15 is 0 Å². The van der Waals surface area contributed by atoms with Crippen molar-refractivity contribution in [2.45, 2.75) is 58.5 Å². The van der Waals surface area contributed by atoms with Crippen LogP contribution in [0, 0.1) is 25.2 Å². The first-order chi connectivity index (χ1) is 13.5. The molecule has 1 fully saturated rings. The molecule has 1 aromatic carbocycles. The van der Waals surface area contributed by atoms with Crippen molar-refractivity contribution in [3.05, 3.63) is 57.0 Å². The summed E-state index contributed by atoms with van der Waals surface area (Å²) in [5.74, 6) is 0.650. The van der Waals surface area contributed by atoms with Crippen LogP contribution in [-0.4, -0.2) is 17.0 Å². The van der Waals surface area contributed by atoms with Gasteiger partial charge in [0, 0.05) is 23.9 Å². The number of H-pyrrole nitrogens is 1. The van der Waals surface area contributed by atoms with Gasteiger partial charge in [-0.3, -0.25) is 9.59 Å². The van der Waals surface area contributed by atoms with Crippen molar-refractivity contribution >= 4 is 11.6 Å². The zero-order valence-electron chi connectivity index (χ0n) is 16.3. The normalized spacial score (nSPS) is 13.9. The molecule has 6 nitrogen and oxygen atoms in total. The highest BCUT2D eigenvalue weighted by Gasteiger charge is 2.17. The Hall–Kier alpha value is -3.07. The summed E-state index contributed by atoms with van der Waals surface area (Å²) in [5, 5.41) is 12.1. The molecule has 1 aliphatic rings. The predicted octanol–water partition coefficient (Wildman–Crippen LogP) is 3.76. The van der Waals surface area contributed by atoms with Gasteiger partial charge in [-0.1, -0.05) is 6.07 Å². The molecular formula is C22H25N3O3. The number of ether oxygens (including phenoxy) is 1. The first-order valence-corrected chi connectivity index (χ1v) is 9.67. The lowest BCUT2D eigenvalue weighted by atomic mass is 9.99. The van der Waals surface area contributed by atoms with Crippen LogP contribution in [-0.2, 0) is 11.2 Å². The van der Waals surface area contributed by atoms with Crippen LogP contribution >= 0.6 is 0 Å². The number of rotatable bonds is 6. The summed E-state index contributed by atoms with van der Waals surface area (Å²) in [7, 11) is 0. The van der Waals surface area contributed by atoms with Crippen LogP contribution in [0.25, 0.3) is 0 Å². The molecule has 1 aromatic heterocycles. The molecule has 0 spiro atoms. The van der Waals surface area contributed by atoms with Gasteiger partial charge >= 0.3 is 0 Å². The highest BCUT2D eigenvalue weighted by molar-refractivity contribution is 5.91. The number of nitriles is 1. The third-order valence-electron chi connectivity index (χ3n) is 5.25. The van der Waals surface area contributed by atoms with Crippen molar-refractivity contribution in [1.29, 1.82) is 5.26 Å². The van der Waals surface area contributed by atoms with Crippen molar-refractivity contribution in [3.63, 3.8) is 0 Å². The van der Waals surface area contributed by atoms with E-state index in [0.717, 1.165) is 24.2 Å². The third kappa shape index (κ3) is 4.61. The van der Waals surface area contributed by atoms with Gasteiger partial charge in [-0.15, -0.1) is 0 Å². The molecule has 1 saturated carbocycles. The van der Waals surface area contributed by atoms with Gasteiger partial charge in [0.25, 0.3) is 5.56 Å². The van der Waals surface area contributed by atoms with Crippen LogP contribution in [0.4, 0.5) is 5.69 Å². The summed E-state index contributed by atoms with van der Waals surface area (Å²) in [4.78, 5) is 26.9. The number of aromatic amines is 1. The zero-order chi connectivity index (χ0) is 20.1. The van der Waals surface area contributed by atoms with Gasteiger partial charge in [-0.2, -0.15) is 5.26 Å². The van der Waals surface area contributed by atoms with Gasteiger partial charge in [-0.25, -0.2) is 0 Å². The Morgan fingerprint density at radius 1 is 1.32 bits per heavy atom. The van der Waals surface area contributed by atoms with E-state index < -0.39 is 0 Å². The molecule has 28 heavy (non-hydrogen) atoms. The number of anilines is 1. The van der Waals surface area contributed by atoms with E-state index in [1.807, 2.05) is 30.3 Å². The highest BCUT2D eigenvalue weighted by atomic mass is 16.5. The topological polar surface area (TPSA) is 95.0 Å². The summed E-state index contributed by atoms with van der Waals surface area (Å²) in [6, 6.07) is 9.40. The fourth-order valence-electron chi connectivity index (χ4n) is 3.73. The van der Waals surface area contributed by atoms with Crippen LogP contribution in [0.1, 0.15) is 54.5 Å². The maximum atomic E-state index is 12.4. The fourth-order valence-corrected chi connectivity index (χ4v) is 3.73. The monoisotopic (exact) mass is 379 g/mol. The molecule has 0 aliphatic heterocycles. The largest absolute Gasteiger partial charge is 0.490 e. The molecule has 1 heterocycles. The number of hydrogen-bond donors (Lipinski definition) is 2. The summed E-state index contributed by atoms with van der Waals surface area (Å²) in [6.45, 7) is 3.53. The van der Waals surface area contributed by atoms with Gasteiger partial charge in [-0.05, 0) is 69.2 Å². The smallest absolute Gasteiger partial charge is 0.266 e.